The second-order valence-electron chi connectivity index (χ2n) is 3.05. The molecular formula is C7H15O4P. The molecule has 0 radical (unpaired) electrons. The van der Waals surface area contributed by atoms with Crippen LogP contribution in [0.15, 0.2) is 0 Å². The van der Waals surface area contributed by atoms with E-state index in [4.69, 9.17) is 14.2 Å². The van der Waals surface area contributed by atoms with E-state index in [1.165, 1.54) is 0 Å². The van der Waals surface area contributed by atoms with Gasteiger partial charge in [-0.15, -0.1) is 0 Å². The standard InChI is InChI=1S/C7H15O4P/c1-3-6-7(11-12(8)9)4-5(2)10-6/h5-7,12H,3-4H2,1-2H3,(H,8,9). The Morgan fingerprint density at radius 1 is 1.75 bits per heavy atom. The summed E-state index contributed by atoms with van der Waals surface area (Å²) in [7, 11) is -2.81. The molecule has 0 spiro atoms. The molecule has 1 fully saturated rings. The first kappa shape index (κ1) is 10.2. The second kappa shape index (κ2) is 4.38. The highest BCUT2D eigenvalue weighted by Gasteiger charge is 2.33. The van der Waals surface area contributed by atoms with Crippen LogP contribution in [0.5, 0.6) is 0 Å². The van der Waals surface area contributed by atoms with Gasteiger partial charge in [-0.2, -0.15) is 0 Å². The van der Waals surface area contributed by atoms with Crippen molar-refractivity contribution in [1.29, 1.82) is 0 Å². The summed E-state index contributed by atoms with van der Waals surface area (Å²) < 4.78 is 20.8. The first-order valence-electron chi connectivity index (χ1n) is 4.18. The molecule has 1 rings (SSSR count). The third-order valence-electron chi connectivity index (χ3n) is 2.04. The van der Waals surface area contributed by atoms with Crippen LogP contribution in [-0.2, 0) is 13.8 Å². The lowest BCUT2D eigenvalue weighted by Crippen LogP contribution is -2.21. The molecular weight excluding hydrogens is 179 g/mol. The zero-order chi connectivity index (χ0) is 9.14. The van der Waals surface area contributed by atoms with E-state index in [0.717, 1.165) is 12.8 Å². The first-order chi connectivity index (χ1) is 5.63. The van der Waals surface area contributed by atoms with Crippen LogP contribution in [0, 0.1) is 0 Å². The Labute approximate surface area is 72.8 Å². The van der Waals surface area contributed by atoms with Gasteiger partial charge in [-0.3, -0.25) is 4.57 Å². The fraction of sp³-hybridized carbons (Fsp3) is 1.00. The Morgan fingerprint density at radius 2 is 2.42 bits per heavy atom. The molecule has 0 aromatic rings. The highest BCUT2D eigenvalue weighted by atomic mass is 31.1. The van der Waals surface area contributed by atoms with E-state index in [9.17, 15) is 4.57 Å². The van der Waals surface area contributed by atoms with Gasteiger partial charge in [-0.05, 0) is 13.3 Å². The molecule has 1 heterocycles. The summed E-state index contributed by atoms with van der Waals surface area (Å²) in [5.41, 5.74) is 0. The number of hydrogen-bond acceptors (Lipinski definition) is 3. The maximum absolute atomic E-state index is 10.4. The Bertz CT molecular complexity index is 173. The van der Waals surface area contributed by atoms with Crippen LogP contribution in [0.1, 0.15) is 26.7 Å². The van der Waals surface area contributed by atoms with Crippen molar-refractivity contribution in [2.75, 3.05) is 0 Å². The summed E-state index contributed by atoms with van der Waals surface area (Å²) in [6.07, 6.45) is 1.48. The van der Waals surface area contributed by atoms with Gasteiger partial charge in [0.1, 0.15) is 0 Å². The molecule has 1 saturated heterocycles. The van der Waals surface area contributed by atoms with Gasteiger partial charge in [-0.25, -0.2) is 0 Å². The monoisotopic (exact) mass is 194 g/mol. The van der Waals surface area contributed by atoms with Crippen molar-refractivity contribution in [1.82, 2.24) is 0 Å². The smallest absolute Gasteiger partial charge is 0.316 e. The Morgan fingerprint density at radius 3 is 2.92 bits per heavy atom. The number of rotatable bonds is 3. The molecule has 5 heteroatoms. The molecule has 72 valence electrons. The summed E-state index contributed by atoms with van der Waals surface area (Å²) in [4.78, 5) is 8.58. The van der Waals surface area contributed by atoms with Gasteiger partial charge < -0.3 is 14.2 Å². The molecule has 0 bridgehead atoms. The SMILES string of the molecule is CCC1OC(C)CC1O[PH](=O)O. The maximum atomic E-state index is 10.4. The predicted octanol–water partition coefficient (Wildman–Crippen LogP) is 1.34. The van der Waals surface area contributed by atoms with Crippen LogP contribution < -0.4 is 0 Å². The van der Waals surface area contributed by atoms with Crippen molar-refractivity contribution in [2.24, 2.45) is 0 Å². The number of hydrogen-bond donors (Lipinski definition) is 1. The van der Waals surface area contributed by atoms with Crippen molar-refractivity contribution in [3.05, 3.63) is 0 Å². The minimum atomic E-state index is -2.81. The Kier molecular flexibility index (Phi) is 3.72. The zero-order valence-corrected chi connectivity index (χ0v) is 8.32. The van der Waals surface area contributed by atoms with Gasteiger partial charge in [0, 0.05) is 6.42 Å². The van der Waals surface area contributed by atoms with E-state index < -0.39 is 8.25 Å². The third kappa shape index (κ3) is 2.56. The van der Waals surface area contributed by atoms with E-state index in [1.54, 1.807) is 0 Å². The predicted molar refractivity (Wildman–Crippen MR) is 45.3 cm³/mol. The quantitative estimate of drug-likeness (QED) is 0.689. The van der Waals surface area contributed by atoms with E-state index in [1.807, 2.05) is 13.8 Å². The lowest BCUT2D eigenvalue weighted by Gasteiger charge is -2.14. The molecule has 0 aliphatic carbocycles. The average Bonchev–Trinajstić information content (AvgIpc) is 2.29. The highest BCUT2D eigenvalue weighted by Crippen LogP contribution is 2.31. The van der Waals surface area contributed by atoms with Crippen molar-refractivity contribution >= 4 is 8.25 Å². The van der Waals surface area contributed by atoms with E-state index in [2.05, 4.69) is 0 Å². The molecule has 0 aromatic carbocycles. The van der Waals surface area contributed by atoms with Crippen LogP contribution in [0.3, 0.4) is 0 Å². The lowest BCUT2D eigenvalue weighted by atomic mass is 10.1. The summed E-state index contributed by atoms with van der Waals surface area (Å²) >= 11 is 0. The average molecular weight is 194 g/mol. The number of ether oxygens (including phenoxy) is 1. The van der Waals surface area contributed by atoms with Crippen molar-refractivity contribution in [3.63, 3.8) is 0 Å². The summed E-state index contributed by atoms with van der Waals surface area (Å²) in [5.74, 6) is 0. The minimum absolute atomic E-state index is 0.0129. The minimum Gasteiger partial charge on any atom is -0.372 e. The van der Waals surface area contributed by atoms with Gasteiger partial charge in [0.25, 0.3) is 0 Å². The van der Waals surface area contributed by atoms with Gasteiger partial charge in [-0.1, -0.05) is 6.92 Å². The van der Waals surface area contributed by atoms with Crippen molar-refractivity contribution in [3.8, 4) is 0 Å². The molecule has 4 unspecified atom stereocenters. The van der Waals surface area contributed by atoms with Crippen LogP contribution in [0.4, 0.5) is 0 Å². The highest BCUT2D eigenvalue weighted by molar-refractivity contribution is 7.32. The fourth-order valence-electron chi connectivity index (χ4n) is 1.53. The molecule has 12 heavy (non-hydrogen) atoms. The second-order valence-corrected chi connectivity index (χ2v) is 3.82. The maximum Gasteiger partial charge on any atom is 0.316 e. The summed E-state index contributed by atoms with van der Waals surface area (Å²) in [5, 5.41) is 0. The van der Waals surface area contributed by atoms with Gasteiger partial charge in [0.15, 0.2) is 0 Å². The largest absolute Gasteiger partial charge is 0.372 e. The lowest BCUT2D eigenvalue weighted by molar-refractivity contribution is 0.0209. The topological polar surface area (TPSA) is 55.8 Å². The van der Waals surface area contributed by atoms with Crippen LogP contribution in [-0.4, -0.2) is 23.2 Å². The zero-order valence-electron chi connectivity index (χ0n) is 7.32. The van der Waals surface area contributed by atoms with Gasteiger partial charge in [0.2, 0.25) is 0 Å². The van der Waals surface area contributed by atoms with Crippen LogP contribution in [0.25, 0.3) is 0 Å². The molecule has 4 atom stereocenters. The Balaban J connectivity index is 2.46. The van der Waals surface area contributed by atoms with E-state index in [0.29, 0.717) is 0 Å². The molecule has 1 aliphatic heterocycles. The molecule has 0 amide bonds. The molecule has 1 N–H and O–H groups in total. The van der Waals surface area contributed by atoms with E-state index in [-0.39, 0.29) is 18.3 Å². The fourth-order valence-corrected chi connectivity index (χ4v) is 2.04. The molecule has 0 saturated carbocycles. The first-order valence-corrected chi connectivity index (χ1v) is 5.45. The molecule has 4 nitrogen and oxygen atoms in total. The van der Waals surface area contributed by atoms with Crippen LogP contribution in [0.2, 0.25) is 0 Å². The van der Waals surface area contributed by atoms with Crippen molar-refractivity contribution < 1.29 is 18.7 Å². The van der Waals surface area contributed by atoms with Crippen molar-refractivity contribution in [2.45, 2.75) is 45.0 Å². The van der Waals surface area contributed by atoms with Gasteiger partial charge >= 0.3 is 8.25 Å². The van der Waals surface area contributed by atoms with Gasteiger partial charge in [0.05, 0.1) is 18.3 Å². The molecule has 0 aromatic heterocycles. The van der Waals surface area contributed by atoms with E-state index >= 15 is 0 Å². The van der Waals surface area contributed by atoms with Crippen LogP contribution >= 0.6 is 8.25 Å². The third-order valence-corrected chi connectivity index (χ3v) is 2.54. The summed E-state index contributed by atoms with van der Waals surface area (Å²) in [6.45, 7) is 3.92. The normalized spacial score (nSPS) is 38.4. The summed E-state index contributed by atoms with van der Waals surface area (Å²) in [6, 6.07) is 0. The Hall–Kier alpha value is 0.110. The molecule has 1 aliphatic rings.